The molecule has 3 N–H and O–H groups in total. The number of nitrogens with one attached hydrogen (secondary N) is 1. The third-order valence-electron chi connectivity index (χ3n) is 5.02. The number of hydrogen-bond donors (Lipinski definition) is 2. The van der Waals surface area contributed by atoms with Crippen molar-refractivity contribution in [1.29, 1.82) is 0 Å². The molecule has 2 aliphatic rings. The lowest BCUT2D eigenvalue weighted by Crippen LogP contribution is -2.31. The lowest BCUT2D eigenvalue weighted by Gasteiger charge is -2.33. The topological polar surface area (TPSA) is 78.1 Å². The minimum atomic E-state index is 0.245. The number of nitrogens with two attached hydrogens (primary N) is 1. The van der Waals surface area contributed by atoms with Crippen molar-refractivity contribution in [2.45, 2.75) is 31.2 Å². The zero-order chi connectivity index (χ0) is 18.6. The minimum absolute atomic E-state index is 0.245. The molecule has 0 radical (unpaired) electrons. The van der Waals surface area contributed by atoms with E-state index in [1.165, 1.54) is 5.56 Å². The van der Waals surface area contributed by atoms with Gasteiger partial charge >= 0.3 is 0 Å². The number of methoxy groups -OCH3 is 1. The number of guanidine groups is 1. The molecule has 2 aromatic carbocycles. The van der Waals surface area contributed by atoms with Gasteiger partial charge in [0.05, 0.1) is 26.4 Å². The summed E-state index contributed by atoms with van der Waals surface area (Å²) in [7, 11) is 1.69. The van der Waals surface area contributed by atoms with Crippen LogP contribution in [0.15, 0.2) is 47.5 Å². The van der Waals surface area contributed by atoms with Gasteiger partial charge in [0.15, 0.2) is 17.5 Å². The molecule has 0 amide bonds. The average Bonchev–Trinajstić information content (AvgIpc) is 2.89. The predicted octanol–water partition coefficient (Wildman–Crippen LogP) is 3.53. The van der Waals surface area contributed by atoms with E-state index in [1.807, 2.05) is 30.3 Å². The van der Waals surface area contributed by atoms with Gasteiger partial charge in [0.25, 0.3) is 0 Å². The van der Waals surface area contributed by atoms with E-state index in [2.05, 4.69) is 22.4 Å². The third-order valence-corrected chi connectivity index (χ3v) is 5.02. The van der Waals surface area contributed by atoms with E-state index in [0.717, 1.165) is 42.2 Å². The first-order chi connectivity index (χ1) is 13.2. The maximum Gasteiger partial charge on any atom is 0.193 e. The molecule has 6 nitrogen and oxygen atoms in total. The zero-order valence-electron chi connectivity index (χ0n) is 15.5. The van der Waals surface area contributed by atoms with Crippen LogP contribution in [0.1, 0.15) is 30.7 Å². The number of fused-ring (bicyclic) bond motifs is 1. The molecule has 0 saturated heterocycles. The van der Waals surface area contributed by atoms with E-state index in [4.69, 9.17) is 19.9 Å². The number of nitrogens with zero attached hydrogens (tertiary/aromatic N) is 1. The van der Waals surface area contributed by atoms with Gasteiger partial charge in [0.2, 0.25) is 0 Å². The van der Waals surface area contributed by atoms with Crippen molar-refractivity contribution >= 4 is 11.6 Å². The predicted molar refractivity (Wildman–Crippen MR) is 106 cm³/mol. The Hall–Kier alpha value is -2.89. The molecule has 6 heteroatoms. The van der Waals surface area contributed by atoms with Crippen LogP contribution >= 0.6 is 0 Å². The smallest absolute Gasteiger partial charge is 0.193 e. The minimum Gasteiger partial charge on any atom is -0.497 e. The van der Waals surface area contributed by atoms with Gasteiger partial charge in [-0.05, 0) is 48.6 Å². The summed E-state index contributed by atoms with van der Waals surface area (Å²) in [5.74, 6) is 3.36. The molecule has 27 heavy (non-hydrogen) atoms. The summed E-state index contributed by atoms with van der Waals surface area (Å²) in [6.45, 7) is 1.34. The fraction of sp³-hybridized carbons (Fsp3) is 0.381. The van der Waals surface area contributed by atoms with E-state index in [-0.39, 0.29) is 6.04 Å². The molecule has 0 bridgehead atoms. The van der Waals surface area contributed by atoms with Gasteiger partial charge in [-0.1, -0.05) is 12.1 Å². The van der Waals surface area contributed by atoms with Crippen molar-refractivity contribution in [3.63, 3.8) is 0 Å². The standard InChI is InChI=1S/C21H25N3O3/c1-25-18-5-2-4-14(12-18)15-10-17(11-15)24-21(22)23-16-6-7-19-20(13-16)27-9-3-8-26-19/h2,4-7,12-13,15,17H,3,8-11H2,1H3,(H3,22,23,24). The summed E-state index contributed by atoms with van der Waals surface area (Å²) in [5.41, 5.74) is 8.25. The summed E-state index contributed by atoms with van der Waals surface area (Å²) >= 11 is 0. The van der Waals surface area contributed by atoms with Gasteiger partial charge in [-0.25, -0.2) is 4.99 Å². The van der Waals surface area contributed by atoms with Crippen LogP contribution in [0.4, 0.5) is 5.69 Å². The first-order valence-corrected chi connectivity index (χ1v) is 9.35. The van der Waals surface area contributed by atoms with E-state index in [1.54, 1.807) is 7.11 Å². The molecule has 1 aliphatic heterocycles. The third kappa shape index (κ3) is 4.10. The van der Waals surface area contributed by atoms with E-state index >= 15 is 0 Å². The fourth-order valence-corrected chi connectivity index (χ4v) is 3.48. The fourth-order valence-electron chi connectivity index (χ4n) is 3.48. The monoisotopic (exact) mass is 367 g/mol. The van der Waals surface area contributed by atoms with Crippen LogP contribution in [0.2, 0.25) is 0 Å². The molecule has 0 unspecified atom stereocenters. The highest BCUT2D eigenvalue weighted by Crippen LogP contribution is 2.39. The maximum atomic E-state index is 6.10. The average molecular weight is 367 g/mol. The molecular weight excluding hydrogens is 342 g/mol. The Morgan fingerprint density at radius 2 is 1.93 bits per heavy atom. The first kappa shape index (κ1) is 17.5. The van der Waals surface area contributed by atoms with E-state index in [9.17, 15) is 0 Å². The Kier molecular flexibility index (Phi) is 5.05. The molecule has 0 aromatic heterocycles. The summed E-state index contributed by atoms with van der Waals surface area (Å²) in [5, 5.41) is 3.16. The highest BCUT2D eigenvalue weighted by atomic mass is 16.5. The summed E-state index contributed by atoms with van der Waals surface area (Å²) in [6.07, 6.45) is 2.88. The van der Waals surface area contributed by atoms with Crippen LogP contribution in [-0.2, 0) is 0 Å². The lowest BCUT2D eigenvalue weighted by molar-refractivity contribution is 0.297. The van der Waals surface area contributed by atoms with E-state index in [0.29, 0.717) is 25.1 Å². The number of benzene rings is 2. The van der Waals surface area contributed by atoms with Gasteiger partial charge in [-0.15, -0.1) is 0 Å². The molecule has 4 rings (SSSR count). The molecule has 1 saturated carbocycles. The van der Waals surface area contributed by atoms with Crippen molar-refractivity contribution in [3.8, 4) is 17.2 Å². The second-order valence-electron chi connectivity index (χ2n) is 6.95. The Morgan fingerprint density at radius 3 is 2.74 bits per heavy atom. The number of ether oxygens (including phenoxy) is 3. The molecule has 0 atom stereocenters. The zero-order valence-corrected chi connectivity index (χ0v) is 15.5. The summed E-state index contributed by atoms with van der Waals surface area (Å²) in [4.78, 5) is 4.61. The quantitative estimate of drug-likeness (QED) is 0.638. The van der Waals surface area contributed by atoms with Crippen LogP contribution < -0.4 is 25.3 Å². The van der Waals surface area contributed by atoms with Gasteiger partial charge in [0.1, 0.15) is 5.75 Å². The number of hydrogen-bond acceptors (Lipinski definition) is 4. The van der Waals surface area contributed by atoms with Gasteiger partial charge in [-0.2, -0.15) is 0 Å². The molecule has 1 aliphatic carbocycles. The van der Waals surface area contributed by atoms with Gasteiger partial charge < -0.3 is 25.3 Å². The van der Waals surface area contributed by atoms with Gasteiger partial charge in [0, 0.05) is 18.2 Å². The number of rotatable bonds is 4. The van der Waals surface area contributed by atoms with Crippen molar-refractivity contribution < 1.29 is 14.2 Å². The number of aliphatic imine (C=N–C) groups is 1. The summed E-state index contributed by atoms with van der Waals surface area (Å²) < 4.78 is 16.7. The molecule has 0 spiro atoms. The highest BCUT2D eigenvalue weighted by molar-refractivity contribution is 5.92. The lowest BCUT2D eigenvalue weighted by atomic mass is 9.76. The van der Waals surface area contributed by atoms with Crippen molar-refractivity contribution in [1.82, 2.24) is 0 Å². The van der Waals surface area contributed by atoms with Crippen LogP contribution in [-0.4, -0.2) is 32.3 Å². The number of anilines is 1. The molecule has 142 valence electrons. The van der Waals surface area contributed by atoms with Crippen molar-refractivity contribution in [2.24, 2.45) is 10.7 Å². The van der Waals surface area contributed by atoms with Gasteiger partial charge in [-0.3, -0.25) is 0 Å². The largest absolute Gasteiger partial charge is 0.497 e. The van der Waals surface area contributed by atoms with Crippen LogP contribution in [0.5, 0.6) is 17.2 Å². The normalized spacial score (nSPS) is 21.7. The second kappa shape index (κ2) is 7.78. The van der Waals surface area contributed by atoms with Crippen LogP contribution in [0.3, 0.4) is 0 Å². The summed E-state index contributed by atoms with van der Waals surface area (Å²) in [6, 6.07) is 14.2. The van der Waals surface area contributed by atoms with Crippen molar-refractivity contribution in [3.05, 3.63) is 48.0 Å². The maximum absolute atomic E-state index is 6.10. The highest BCUT2D eigenvalue weighted by Gasteiger charge is 2.30. The Bertz CT molecular complexity index is 831. The Morgan fingerprint density at radius 1 is 1.11 bits per heavy atom. The molecule has 1 fully saturated rings. The Balaban J connectivity index is 1.35. The Labute approximate surface area is 159 Å². The van der Waals surface area contributed by atoms with Crippen LogP contribution in [0, 0.1) is 0 Å². The van der Waals surface area contributed by atoms with Crippen molar-refractivity contribution in [2.75, 3.05) is 25.6 Å². The second-order valence-corrected chi connectivity index (χ2v) is 6.95. The van der Waals surface area contributed by atoms with E-state index < -0.39 is 0 Å². The SMILES string of the molecule is COc1cccc(C2CC(N=C(N)Nc3ccc4c(c3)OCCCO4)C2)c1. The molecular formula is C21H25N3O3. The molecule has 1 heterocycles. The first-order valence-electron chi connectivity index (χ1n) is 9.35. The van der Waals surface area contributed by atoms with Crippen LogP contribution in [0.25, 0.3) is 0 Å². The molecule has 2 aromatic rings.